The Balaban J connectivity index is 2.90. The number of aromatic nitrogens is 1. The Hall–Kier alpha value is -2.41. The van der Waals surface area contributed by atoms with Crippen LogP contribution in [0.3, 0.4) is 0 Å². The van der Waals surface area contributed by atoms with Crippen LogP contribution in [0.4, 0.5) is 4.39 Å². The Bertz CT molecular complexity index is 755. The molecular formula is C14H15FN2O4. The molecule has 0 atom stereocenters. The maximum atomic E-state index is 14.2. The normalized spacial score (nSPS) is 10.8. The largest absolute Gasteiger partial charge is 0.462 e. The Morgan fingerprint density at radius 2 is 2.24 bits per heavy atom. The Morgan fingerprint density at radius 3 is 2.86 bits per heavy atom. The van der Waals surface area contributed by atoms with E-state index < -0.39 is 17.2 Å². The SMILES string of the molecule is CCOC(=O)c1cc(F)c(CCO)c2c1c(=O)ccn2N. The fourth-order valence-corrected chi connectivity index (χ4v) is 2.24. The van der Waals surface area contributed by atoms with Gasteiger partial charge in [0.1, 0.15) is 5.82 Å². The quantitative estimate of drug-likeness (QED) is 0.635. The van der Waals surface area contributed by atoms with Gasteiger partial charge in [-0.25, -0.2) is 9.18 Å². The summed E-state index contributed by atoms with van der Waals surface area (Å²) in [7, 11) is 0. The van der Waals surface area contributed by atoms with E-state index in [1.165, 1.54) is 12.3 Å². The number of pyridine rings is 1. The number of nitrogens with two attached hydrogens (primary N) is 1. The van der Waals surface area contributed by atoms with Gasteiger partial charge in [-0.1, -0.05) is 0 Å². The smallest absolute Gasteiger partial charge is 0.339 e. The first-order valence-electron chi connectivity index (χ1n) is 6.41. The van der Waals surface area contributed by atoms with E-state index in [4.69, 9.17) is 15.7 Å². The first-order valence-corrected chi connectivity index (χ1v) is 6.41. The van der Waals surface area contributed by atoms with Gasteiger partial charge in [-0.2, -0.15) is 0 Å². The molecule has 0 bridgehead atoms. The molecule has 3 N–H and O–H groups in total. The van der Waals surface area contributed by atoms with Gasteiger partial charge in [0.05, 0.1) is 23.1 Å². The third kappa shape index (κ3) is 2.59. The van der Waals surface area contributed by atoms with Gasteiger partial charge >= 0.3 is 5.97 Å². The number of nitrogens with zero attached hydrogens (tertiary/aromatic N) is 1. The second-order valence-corrected chi connectivity index (χ2v) is 4.39. The summed E-state index contributed by atoms with van der Waals surface area (Å²) < 4.78 is 20.1. The van der Waals surface area contributed by atoms with Gasteiger partial charge in [-0.3, -0.25) is 9.47 Å². The summed E-state index contributed by atoms with van der Waals surface area (Å²) in [6.45, 7) is 1.40. The molecule has 2 aromatic rings. The molecule has 0 saturated heterocycles. The molecule has 6 nitrogen and oxygen atoms in total. The monoisotopic (exact) mass is 294 g/mol. The zero-order chi connectivity index (χ0) is 15.6. The first-order chi connectivity index (χ1) is 10.0. The van der Waals surface area contributed by atoms with Crippen LogP contribution in [0, 0.1) is 5.82 Å². The predicted molar refractivity (Wildman–Crippen MR) is 75.1 cm³/mol. The average molecular weight is 294 g/mol. The zero-order valence-corrected chi connectivity index (χ0v) is 11.4. The molecule has 7 heteroatoms. The Morgan fingerprint density at radius 1 is 1.52 bits per heavy atom. The maximum absolute atomic E-state index is 14.2. The van der Waals surface area contributed by atoms with Crippen LogP contribution in [0.25, 0.3) is 10.9 Å². The fraction of sp³-hybridized carbons (Fsp3) is 0.286. The van der Waals surface area contributed by atoms with Gasteiger partial charge in [-0.05, 0) is 13.0 Å². The summed E-state index contributed by atoms with van der Waals surface area (Å²) >= 11 is 0. The number of hydrogen-bond acceptors (Lipinski definition) is 5. The molecule has 0 radical (unpaired) electrons. The van der Waals surface area contributed by atoms with E-state index in [2.05, 4.69) is 0 Å². The van der Waals surface area contributed by atoms with Crippen molar-refractivity contribution >= 4 is 16.9 Å². The van der Waals surface area contributed by atoms with Crippen molar-refractivity contribution in [1.82, 2.24) is 4.68 Å². The summed E-state index contributed by atoms with van der Waals surface area (Å²) in [5.41, 5.74) is -0.467. The predicted octanol–water partition coefficient (Wildman–Crippen LogP) is 0.566. The molecule has 0 saturated carbocycles. The maximum Gasteiger partial charge on any atom is 0.339 e. The van der Waals surface area contributed by atoms with Crippen molar-refractivity contribution in [2.45, 2.75) is 13.3 Å². The molecule has 112 valence electrons. The Kier molecular flexibility index (Phi) is 4.23. The van der Waals surface area contributed by atoms with E-state index in [0.29, 0.717) is 0 Å². The number of rotatable bonds is 4. The molecule has 0 amide bonds. The molecule has 2 rings (SSSR count). The van der Waals surface area contributed by atoms with Crippen molar-refractivity contribution in [3.05, 3.63) is 45.5 Å². The molecule has 1 aromatic carbocycles. The van der Waals surface area contributed by atoms with Crippen molar-refractivity contribution in [3.63, 3.8) is 0 Å². The summed E-state index contributed by atoms with van der Waals surface area (Å²) in [6, 6.07) is 2.14. The van der Waals surface area contributed by atoms with Crippen LogP contribution < -0.4 is 11.3 Å². The van der Waals surface area contributed by atoms with Crippen molar-refractivity contribution in [1.29, 1.82) is 0 Å². The van der Waals surface area contributed by atoms with E-state index in [9.17, 15) is 14.0 Å². The van der Waals surface area contributed by atoms with Crippen LogP contribution in [0.15, 0.2) is 23.1 Å². The van der Waals surface area contributed by atoms with E-state index >= 15 is 0 Å². The van der Waals surface area contributed by atoms with Crippen molar-refractivity contribution < 1.29 is 19.0 Å². The molecule has 1 aromatic heterocycles. The molecular weight excluding hydrogens is 279 g/mol. The lowest BCUT2D eigenvalue weighted by Gasteiger charge is -2.14. The number of fused-ring (bicyclic) bond motifs is 1. The van der Waals surface area contributed by atoms with Gasteiger partial charge in [0.25, 0.3) is 0 Å². The van der Waals surface area contributed by atoms with Gasteiger partial charge < -0.3 is 15.7 Å². The van der Waals surface area contributed by atoms with Crippen LogP contribution in [0.2, 0.25) is 0 Å². The highest BCUT2D eigenvalue weighted by molar-refractivity contribution is 6.04. The molecule has 21 heavy (non-hydrogen) atoms. The molecule has 0 aliphatic rings. The molecule has 0 aliphatic heterocycles. The summed E-state index contributed by atoms with van der Waals surface area (Å²) in [5.74, 6) is 4.24. The number of aliphatic hydroxyl groups is 1. The van der Waals surface area contributed by atoms with Crippen molar-refractivity contribution in [2.75, 3.05) is 19.1 Å². The Labute approximate surface area is 119 Å². The van der Waals surface area contributed by atoms with Crippen LogP contribution in [0.5, 0.6) is 0 Å². The van der Waals surface area contributed by atoms with E-state index in [0.717, 1.165) is 10.7 Å². The number of ether oxygens (including phenoxy) is 1. The van der Waals surface area contributed by atoms with E-state index in [1.54, 1.807) is 6.92 Å². The highest BCUT2D eigenvalue weighted by Gasteiger charge is 2.21. The molecule has 1 heterocycles. The third-order valence-electron chi connectivity index (χ3n) is 3.10. The number of carbonyl (C=O) groups is 1. The van der Waals surface area contributed by atoms with Crippen molar-refractivity contribution in [3.8, 4) is 0 Å². The number of hydrogen-bond donors (Lipinski definition) is 2. The fourth-order valence-electron chi connectivity index (χ4n) is 2.24. The molecule has 0 aliphatic carbocycles. The third-order valence-corrected chi connectivity index (χ3v) is 3.10. The van der Waals surface area contributed by atoms with Gasteiger partial charge in [-0.15, -0.1) is 0 Å². The minimum Gasteiger partial charge on any atom is -0.462 e. The van der Waals surface area contributed by atoms with E-state index in [1.807, 2.05) is 0 Å². The standard InChI is InChI=1S/C14H15FN2O4/c1-2-21-14(20)9-7-10(15)8(4-6-18)13-12(9)11(19)3-5-17(13)16/h3,5,7,18H,2,4,6,16H2,1H3. The first kappa shape index (κ1) is 15.0. The minimum absolute atomic E-state index is 0.0108. The summed E-state index contributed by atoms with van der Waals surface area (Å²) in [6.07, 6.45) is 1.26. The number of halogens is 1. The van der Waals surface area contributed by atoms with E-state index in [-0.39, 0.29) is 41.7 Å². The zero-order valence-electron chi connectivity index (χ0n) is 11.4. The average Bonchev–Trinajstić information content (AvgIpc) is 2.45. The van der Waals surface area contributed by atoms with Gasteiger partial charge in [0.2, 0.25) is 0 Å². The number of esters is 1. The minimum atomic E-state index is -0.791. The molecule has 0 spiro atoms. The second-order valence-electron chi connectivity index (χ2n) is 4.39. The second kappa shape index (κ2) is 5.92. The van der Waals surface area contributed by atoms with Crippen LogP contribution in [-0.2, 0) is 11.2 Å². The molecule has 0 fully saturated rings. The topological polar surface area (TPSA) is 94.5 Å². The summed E-state index contributed by atoms with van der Waals surface area (Å²) in [5, 5.41) is 9.03. The lowest BCUT2D eigenvalue weighted by atomic mass is 10.0. The van der Waals surface area contributed by atoms with Gasteiger partial charge in [0, 0.05) is 30.9 Å². The van der Waals surface area contributed by atoms with Crippen LogP contribution >= 0.6 is 0 Å². The van der Waals surface area contributed by atoms with Crippen LogP contribution in [0.1, 0.15) is 22.8 Å². The highest BCUT2D eigenvalue weighted by Crippen LogP contribution is 2.23. The summed E-state index contributed by atoms with van der Waals surface area (Å²) in [4.78, 5) is 24.0. The van der Waals surface area contributed by atoms with Gasteiger partial charge in [0.15, 0.2) is 5.43 Å². The highest BCUT2D eigenvalue weighted by atomic mass is 19.1. The number of nitrogen functional groups attached to an aromatic ring is 1. The lowest BCUT2D eigenvalue weighted by molar-refractivity contribution is 0.0528. The molecule has 0 unspecified atom stereocenters. The number of benzene rings is 1. The number of carbonyl (C=O) groups excluding carboxylic acids is 1. The van der Waals surface area contributed by atoms with Crippen LogP contribution in [-0.4, -0.2) is 29.0 Å². The van der Waals surface area contributed by atoms with Crippen molar-refractivity contribution in [2.24, 2.45) is 0 Å². The lowest BCUT2D eigenvalue weighted by Crippen LogP contribution is -2.20. The number of aliphatic hydroxyl groups excluding tert-OH is 1.